The average Bonchev–Trinajstić information content (AvgIpc) is 1.14. The summed E-state index contributed by atoms with van der Waals surface area (Å²) in [7, 11) is -10.2. The van der Waals surface area contributed by atoms with Gasteiger partial charge in [-0.05, 0) is 0 Å². The predicted octanol–water partition coefficient (Wildman–Crippen LogP) is -11.3. The van der Waals surface area contributed by atoms with Gasteiger partial charge in [-0.3, -0.25) is 9.11 Å². The molecule has 152 valence electrons. The molecule has 0 bridgehead atoms. The average molecular weight is 394 g/mol. The first-order valence-corrected chi connectivity index (χ1v) is 4.10. The van der Waals surface area contributed by atoms with Crippen molar-refractivity contribution in [2.75, 3.05) is 0 Å². The van der Waals surface area contributed by atoms with E-state index in [9.17, 15) is 16.8 Å². The maximum Gasteiger partial charge on any atom is 0.413 e. The summed E-state index contributed by atoms with van der Waals surface area (Å²) in [6.07, 6.45) is 0. The van der Waals surface area contributed by atoms with Crippen molar-refractivity contribution in [2.24, 2.45) is 0 Å². The van der Waals surface area contributed by atoms with Crippen LogP contribution < -0.4 is 0 Å². The quantitative estimate of drug-likeness (QED) is 0.425. The van der Waals surface area contributed by atoms with Crippen molar-refractivity contribution in [3.8, 4) is 0 Å². The monoisotopic (exact) mass is 394 g/mol. The van der Waals surface area contributed by atoms with Crippen LogP contribution in [-0.4, -0.2) is 91.7 Å². The van der Waals surface area contributed by atoms with Gasteiger partial charge in [0, 0.05) is 0 Å². The summed E-state index contributed by atoms with van der Waals surface area (Å²) in [5.74, 6) is 0. The fraction of sp³-hybridized carbons (Fsp3) is 0. The van der Waals surface area contributed by atoms with E-state index in [0.29, 0.717) is 0 Å². The molecule has 0 unspecified atom stereocenters. The molecule has 0 saturated heterocycles. The van der Waals surface area contributed by atoms with E-state index < -0.39 is 20.8 Å². The van der Waals surface area contributed by atoms with Gasteiger partial charge in [-0.15, -0.1) is 3.63 Å². The van der Waals surface area contributed by atoms with Crippen LogP contribution in [0.5, 0.6) is 0 Å². The Morgan fingerprint density at radius 2 is 0.524 bits per heavy atom. The molecule has 0 aliphatic heterocycles. The lowest BCUT2D eigenvalue weighted by molar-refractivity contribution is 0.344. The minimum atomic E-state index is -5.12. The minimum Gasteiger partial charge on any atom is -0.412 e. The highest BCUT2D eigenvalue weighted by Gasteiger charge is 2.15. The lowest BCUT2D eigenvalue weighted by atomic mass is 15.8. The van der Waals surface area contributed by atoms with Gasteiger partial charge in [-0.2, -0.15) is 16.8 Å². The molecule has 0 spiro atoms. The van der Waals surface area contributed by atoms with Gasteiger partial charge < -0.3 is 65.7 Å². The Labute approximate surface area is 117 Å². The van der Waals surface area contributed by atoms with Crippen molar-refractivity contribution in [3.63, 3.8) is 0 Å². The van der Waals surface area contributed by atoms with E-state index in [1.807, 2.05) is 0 Å². The second-order valence-electron chi connectivity index (χ2n) is 0.924. The van der Waals surface area contributed by atoms with E-state index in [0.717, 1.165) is 0 Å². The van der Waals surface area contributed by atoms with Crippen molar-refractivity contribution in [2.45, 2.75) is 0 Å². The van der Waals surface area contributed by atoms with E-state index >= 15 is 0 Å². The van der Waals surface area contributed by atoms with Gasteiger partial charge >= 0.3 is 20.8 Å². The highest BCUT2D eigenvalue weighted by molar-refractivity contribution is 7.94. The van der Waals surface area contributed by atoms with E-state index in [1.165, 1.54) is 0 Å². The number of rotatable bonds is 2. The molecular weight excluding hydrogens is 368 g/mol. The van der Waals surface area contributed by atoms with E-state index in [-0.39, 0.29) is 65.7 Å². The molecule has 0 aromatic heterocycles. The molecule has 0 atom stereocenters. The summed E-state index contributed by atoms with van der Waals surface area (Å²) < 4.78 is 55.6. The zero-order chi connectivity index (χ0) is 7.71. The van der Waals surface area contributed by atoms with Crippen LogP contribution in [0.3, 0.4) is 0 Å². The molecule has 0 aliphatic carbocycles. The lowest BCUT2D eigenvalue weighted by Gasteiger charge is -1.89. The molecule has 0 heterocycles. The van der Waals surface area contributed by atoms with Crippen LogP contribution in [-0.2, 0) is 24.4 Å². The second kappa shape index (κ2) is 42.7. The van der Waals surface area contributed by atoms with E-state index in [2.05, 4.69) is 3.63 Å². The molecule has 0 amide bonds. The van der Waals surface area contributed by atoms with Crippen LogP contribution in [0.4, 0.5) is 0 Å². The lowest BCUT2D eigenvalue weighted by Crippen LogP contribution is -2.10. The third-order valence-electron chi connectivity index (χ3n) is 0.172. The summed E-state index contributed by atoms with van der Waals surface area (Å²) in [4.78, 5) is 0. The maximum atomic E-state index is 9.44. The molecular formula is H26O19S2. The Morgan fingerprint density at radius 1 is 0.429 bits per heavy atom. The maximum absolute atomic E-state index is 9.44. The molecule has 21 heteroatoms. The highest BCUT2D eigenvalue weighted by atomic mass is 32.3. The fourth-order valence-corrected chi connectivity index (χ4v) is 0.978. The summed E-state index contributed by atoms with van der Waals surface area (Å²) in [6, 6.07) is 0. The first-order valence-electron chi connectivity index (χ1n) is 1.37. The topological polar surface area (TPSA) is 496 Å². The van der Waals surface area contributed by atoms with Gasteiger partial charge in [0.15, 0.2) is 0 Å². The molecule has 0 rings (SSSR count). The minimum absolute atomic E-state index is 0. The molecule has 0 aliphatic rings. The molecule has 0 aromatic rings. The smallest absolute Gasteiger partial charge is 0.412 e. The Bertz CT molecular complexity index is 235. The fourth-order valence-electron chi connectivity index (χ4n) is 0.109. The molecule has 26 N–H and O–H groups in total. The summed E-state index contributed by atoms with van der Waals surface area (Å²) in [5, 5.41) is 0. The van der Waals surface area contributed by atoms with Crippen molar-refractivity contribution in [3.05, 3.63) is 0 Å². The highest BCUT2D eigenvalue weighted by Crippen LogP contribution is 1.91. The number of hydrogen-bond donors (Lipinski definition) is 2. The van der Waals surface area contributed by atoms with Gasteiger partial charge in [-0.1, -0.05) is 0 Å². The normalized spacial score (nSPS) is 5.81. The Kier molecular flexibility index (Phi) is 289. The van der Waals surface area contributed by atoms with Gasteiger partial charge in [0.1, 0.15) is 0 Å². The summed E-state index contributed by atoms with van der Waals surface area (Å²) in [6.45, 7) is 0. The Morgan fingerprint density at radius 3 is 0.524 bits per heavy atom. The van der Waals surface area contributed by atoms with Crippen LogP contribution in [0.2, 0.25) is 0 Å². The van der Waals surface area contributed by atoms with Gasteiger partial charge in [0.2, 0.25) is 0 Å². The van der Waals surface area contributed by atoms with E-state index in [1.54, 1.807) is 0 Å². The van der Waals surface area contributed by atoms with Crippen molar-refractivity contribution in [1.82, 2.24) is 0 Å². The van der Waals surface area contributed by atoms with Gasteiger partial charge in [0.05, 0.1) is 0 Å². The third kappa shape index (κ3) is 206. The number of hydrogen-bond acceptors (Lipinski definition) is 5. The standard InChI is InChI=1S/H2O7S2.12H2O/c1-8(2,3)7-9(4,5)6;;;;;;;;;;;;/h(H,1,2,3)(H,4,5,6);12*1H2. The van der Waals surface area contributed by atoms with Crippen molar-refractivity contribution >= 4 is 20.8 Å². The first-order chi connectivity index (χ1) is 3.71. The largest absolute Gasteiger partial charge is 0.413 e. The summed E-state index contributed by atoms with van der Waals surface area (Å²) in [5.41, 5.74) is 0. The Balaban J connectivity index is -0.00000000485. The van der Waals surface area contributed by atoms with Crippen LogP contribution in [0, 0.1) is 0 Å². The van der Waals surface area contributed by atoms with Crippen LogP contribution >= 0.6 is 0 Å². The molecule has 0 saturated carbocycles. The predicted molar refractivity (Wildman–Crippen MR) is 67.5 cm³/mol. The van der Waals surface area contributed by atoms with Crippen LogP contribution in [0.1, 0.15) is 0 Å². The molecule has 0 aromatic carbocycles. The van der Waals surface area contributed by atoms with Crippen LogP contribution in [0.25, 0.3) is 0 Å². The van der Waals surface area contributed by atoms with E-state index in [4.69, 9.17) is 9.11 Å². The Hall–Kier alpha value is -0.700. The third-order valence-corrected chi connectivity index (χ3v) is 1.55. The molecule has 21 heavy (non-hydrogen) atoms. The van der Waals surface area contributed by atoms with Gasteiger partial charge in [0.25, 0.3) is 0 Å². The SMILES string of the molecule is O.O.O.O.O.O.O.O.O.O.O.O.O=S(=O)(O)OS(=O)(=O)O. The van der Waals surface area contributed by atoms with Crippen molar-refractivity contribution < 1.29 is 95.3 Å². The summed E-state index contributed by atoms with van der Waals surface area (Å²) >= 11 is 0. The molecule has 19 nitrogen and oxygen atoms in total. The second-order valence-corrected chi connectivity index (χ2v) is 3.18. The first kappa shape index (κ1) is 142. The molecule has 0 radical (unpaired) electrons. The van der Waals surface area contributed by atoms with Crippen LogP contribution in [0.15, 0.2) is 0 Å². The zero-order valence-electron chi connectivity index (χ0n) is 9.75. The zero-order valence-corrected chi connectivity index (χ0v) is 11.4. The van der Waals surface area contributed by atoms with Gasteiger partial charge in [-0.25, -0.2) is 0 Å². The molecule has 0 fully saturated rings. The van der Waals surface area contributed by atoms with Crippen molar-refractivity contribution in [1.29, 1.82) is 0 Å².